The molecule has 0 saturated carbocycles. The predicted octanol–water partition coefficient (Wildman–Crippen LogP) is 0.0696. The highest BCUT2D eigenvalue weighted by Gasteiger charge is 2.28. The van der Waals surface area contributed by atoms with Gasteiger partial charge in [-0.1, -0.05) is 6.07 Å². The average Bonchev–Trinajstić information content (AvgIpc) is 2.43. The number of aromatic hydroxyl groups is 1. The van der Waals surface area contributed by atoms with Gasteiger partial charge in [0.05, 0.1) is 0 Å². The number of aliphatic carboxylic acids is 1. The first-order valence-electron chi connectivity index (χ1n) is 6.47. The zero-order chi connectivity index (χ0) is 15.6. The molecule has 2 rings (SSSR count). The number of carbonyl (C=O) groups is 3. The Kier molecular flexibility index (Phi) is 4.11. The van der Waals surface area contributed by atoms with Crippen molar-refractivity contribution in [2.24, 2.45) is 0 Å². The van der Waals surface area contributed by atoms with E-state index in [-0.39, 0.29) is 37.8 Å². The minimum Gasteiger partial charge on any atom is -0.508 e. The first-order valence-corrected chi connectivity index (χ1v) is 6.47. The molecule has 1 aromatic rings. The summed E-state index contributed by atoms with van der Waals surface area (Å²) in [7, 11) is 0. The van der Waals surface area contributed by atoms with Crippen molar-refractivity contribution >= 4 is 17.8 Å². The lowest BCUT2D eigenvalue weighted by Gasteiger charge is -2.33. The standard InChI is InChI=1S/C14H16N2O5/c1-9-2-3-10(6-11(9)17)14(21)16-5-4-15(8-13(19)20)12(18)7-16/h2-3,6,17H,4-5,7-8H2,1H3,(H,19,20). The van der Waals surface area contributed by atoms with E-state index >= 15 is 0 Å². The number of nitrogens with zero attached hydrogens (tertiary/aromatic N) is 2. The Morgan fingerprint density at radius 1 is 1.29 bits per heavy atom. The minimum atomic E-state index is -1.08. The Hall–Kier alpha value is -2.57. The van der Waals surface area contributed by atoms with E-state index in [1.165, 1.54) is 15.9 Å². The summed E-state index contributed by atoms with van der Waals surface area (Å²) in [5, 5.41) is 18.3. The van der Waals surface area contributed by atoms with Crippen LogP contribution in [-0.2, 0) is 9.59 Å². The molecule has 0 unspecified atom stereocenters. The number of hydrogen-bond donors (Lipinski definition) is 2. The van der Waals surface area contributed by atoms with Gasteiger partial charge in [-0.2, -0.15) is 0 Å². The molecule has 112 valence electrons. The Morgan fingerprint density at radius 2 is 2.00 bits per heavy atom. The van der Waals surface area contributed by atoms with Gasteiger partial charge in [-0.25, -0.2) is 0 Å². The fourth-order valence-electron chi connectivity index (χ4n) is 2.14. The molecule has 0 aromatic heterocycles. The molecular weight excluding hydrogens is 276 g/mol. The second-order valence-electron chi connectivity index (χ2n) is 4.94. The lowest BCUT2D eigenvalue weighted by atomic mass is 10.1. The normalized spacial score (nSPS) is 15.2. The Labute approximate surface area is 121 Å². The molecule has 1 aliphatic rings. The highest BCUT2D eigenvalue weighted by molar-refractivity contribution is 5.97. The van der Waals surface area contributed by atoms with Gasteiger partial charge in [0.2, 0.25) is 5.91 Å². The zero-order valence-electron chi connectivity index (χ0n) is 11.6. The number of hydrogen-bond acceptors (Lipinski definition) is 4. The summed E-state index contributed by atoms with van der Waals surface area (Å²) in [6, 6.07) is 4.59. The van der Waals surface area contributed by atoms with Crippen LogP contribution in [0.3, 0.4) is 0 Å². The molecular formula is C14H16N2O5. The first-order chi connectivity index (χ1) is 9.88. The topological polar surface area (TPSA) is 98.2 Å². The van der Waals surface area contributed by atoms with Gasteiger partial charge in [-0.05, 0) is 24.6 Å². The van der Waals surface area contributed by atoms with Crippen LogP contribution in [0.4, 0.5) is 0 Å². The monoisotopic (exact) mass is 292 g/mol. The average molecular weight is 292 g/mol. The second-order valence-corrected chi connectivity index (χ2v) is 4.94. The molecule has 1 fully saturated rings. The third kappa shape index (κ3) is 3.31. The maximum atomic E-state index is 12.3. The highest BCUT2D eigenvalue weighted by Crippen LogP contribution is 2.19. The fraction of sp³-hybridized carbons (Fsp3) is 0.357. The number of carbonyl (C=O) groups excluding carboxylic acids is 2. The summed E-state index contributed by atoms with van der Waals surface area (Å²) in [5.41, 5.74) is 0.964. The number of carboxylic acid groups (broad SMARTS) is 1. The Morgan fingerprint density at radius 3 is 2.57 bits per heavy atom. The van der Waals surface area contributed by atoms with Crippen molar-refractivity contribution in [3.05, 3.63) is 29.3 Å². The minimum absolute atomic E-state index is 0.0247. The molecule has 0 atom stereocenters. The van der Waals surface area contributed by atoms with Crippen LogP contribution >= 0.6 is 0 Å². The summed E-state index contributed by atoms with van der Waals surface area (Å²) in [6.07, 6.45) is 0. The van der Waals surface area contributed by atoms with E-state index in [9.17, 15) is 19.5 Å². The quantitative estimate of drug-likeness (QED) is 0.821. The van der Waals surface area contributed by atoms with Crippen LogP contribution in [0.15, 0.2) is 18.2 Å². The summed E-state index contributed by atoms with van der Waals surface area (Å²) in [4.78, 5) is 37.3. The van der Waals surface area contributed by atoms with Crippen molar-refractivity contribution < 1.29 is 24.6 Å². The van der Waals surface area contributed by atoms with Crippen molar-refractivity contribution in [1.82, 2.24) is 9.80 Å². The van der Waals surface area contributed by atoms with Crippen LogP contribution in [0, 0.1) is 6.92 Å². The van der Waals surface area contributed by atoms with E-state index in [0.29, 0.717) is 11.1 Å². The molecule has 0 radical (unpaired) electrons. The van der Waals surface area contributed by atoms with Gasteiger partial charge >= 0.3 is 5.97 Å². The van der Waals surface area contributed by atoms with Crippen LogP contribution in [-0.4, -0.2) is 64.0 Å². The van der Waals surface area contributed by atoms with E-state index < -0.39 is 11.9 Å². The Balaban J connectivity index is 2.06. The zero-order valence-corrected chi connectivity index (χ0v) is 11.6. The van der Waals surface area contributed by atoms with E-state index in [2.05, 4.69) is 0 Å². The van der Waals surface area contributed by atoms with Gasteiger partial charge in [0.1, 0.15) is 18.8 Å². The molecule has 0 bridgehead atoms. The van der Waals surface area contributed by atoms with E-state index in [1.54, 1.807) is 19.1 Å². The number of phenols is 1. The number of piperazine rings is 1. The van der Waals surface area contributed by atoms with Crippen LogP contribution < -0.4 is 0 Å². The smallest absolute Gasteiger partial charge is 0.323 e. The van der Waals surface area contributed by atoms with Gasteiger partial charge in [-0.15, -0.1) is 0 Å². The number of amides is 2. The summed E-state index contributed by atoms with van der Waals surface area (Å²) in [5.74, 6) is -1.80. The summed E-state index contributed by atoms with van der Waals surface area (Å²) < 4.78 is 0. The van der Waals surface area contributed by atoms with Crippen LogP contribution in [0.5, 0.6) is 5.75 Å². The maximum absolute atomic E-state index is 12.3. The number of benzene rings is 1. The number of phenolic OH excluding ortho intramolecular Hbond substituents is 1. The van der Waals surface area contributed by atoms with Gasteiger partial charge in [-0.3, -0.25) is 14.4 Å². The SMILES string of the molecule is Cc1ccc(C(=O)N2CCN(CC(=O)O)C(=O)C2)cc1O. The first kappa shape index (κ1) is 14.8. The number of rotatable bonds is 3. The second kappa shape index (κ2) is 5.82. The van der Waals surface area contributed by atoms with Crippen molar-refractivity contribution in [3.63, 3.8) is 0 Å². The Bertz CT molecular complexity index is 599. The molecule has 1 aromatic carbocycles. The molecule has 0 aliphatic carbocycles. The van der Waals surface area contributed by atoms with Crippen molar-refractivity contribution in [3.8, 4) is 5.75 Å². The van der Waals surface area contributed by atoms with E-state index in [4.69, 9.17) is 5.11 Å². The molecule has 1 heterocycles. The lowest BCUT2D eigenvalue weighted by Crippen LogP contribution is -2.53. The predicted molar refractivity (Wildman–Crippen MR) is 73.0 cm³/mol. The van der Waals surface area contributed by atoms with Gasteiger partial charge in [0.25, 0.3) is 5.91 Å². The molecule has 7 heteroatoms. The largest absolute Gasteiger partial charge is 0.508 e. The molecule has 2 N–H and O–H groups in total. The number of aryl methyl sites for hydroxylation is 1. The molecule has 21 heavy (non-hydrogen) atoms. The van der Waals surface area contributed by atoms with E-state index in [0.717, 1.165) is 0 Å². The van der Waals surface area contributed by atoms with Crippen LogP contribution in [0.25, 0.3) is 0 Å². The van der Waals surface area contributed by atoms with Gasteiger partial charge in [0.15, 0.2) is 0 Å². The summed E-state index contributed by atoms with van der Waals surface area (Å²) in [6.45, 7) is 1.67. The third-order valence-electron chi connectivity index (χ3n) is 3.39. The van der Waals surface area contributed by atoms with Crippen molar-refractivity contribution in [1.29, 1.82) is 0 Å². The molecule has 1 saturated heterocycles. The molecule has 7 nitrogen and oxygen atoms in total. The van der Waals surface area contributed by atoms with Crippen LogP contribution in [0.2, 0.25) is 0 Å². The van der Waals surface area contributed by atoms with Gasteiger partial charge < -0.3 is 20.0 Å². The number of carboxylic acids is 1. The molecule has 0 spiro atoms. The fourth-order valence-corrected chi connectivity index (χ4v) is 2.14. The summed E-state index contributed by atoms with van der Waals surface area (Å²) >= 11 is 0. The third-order valence-corrected chi connectivity index (χ3v) is 3.39. The molecule has 1 aliphatic heterocycles. The van der Waals surface area contributed by atoms with Crippen LogP contribution in [0.1, 0.15) is 15.9 Å². The van der Waals surface area contributed by atoms with Gasteiger partial charge in [0, 0.05) is 18.7 Å². The maximum Gasteiger partial charge on any atom is 0.323 e. The van der Waals surface area contributed by atoms with Crippen molar-refractivity contribution in [2.45, 2.75) is 6.92 Å². The highest BCUT2D eigenvalue weighted by atomic mass is 16.4. The molecule has 2 amide bonds. The lowest BCUT2D eigenvalue weighted by molar-refractivity contribution is -0.146. The van der Waals surface area contributed by atoms with E-state index in [1.807, 2.05) is 0 Å². The van der Waals surface area contributed by atoms with Crippen molar-refractivity contribution in [2.75, 3.05) is 26.2 Å².